The van der Waals surface area contributed by atoms with Crippen LogP contribution in [0.4, 0.5) is 0 Å². The Kier molecular flexibility index (Phi) is 2.78. The Morgan fingerprint density at radius 3 is 2.23 bits per heavy atom. The number of benzene rings is 2. The van der Waals surface area contributed by atoms with Crippen LogP contribution in [0.5, 0.6) is 0 Å². The van der Waals surface area contributed by atoms with Gasteiger partial charge in [-0.25, -0.2) is 12.7 Å². The zero-order chi connectivity index (χ0) is 15.5. The van der Waals surface area contributed by atoms with E-state index in [1.54, 1.807) is 0 Å². The van der Waals surface area contributed by atoms with Gasteiger partial charge in [0.05, 0.1) is 11.7 Å². The fraction of sp³-hybridized carbons (Fsp3) is 0.353. The lowest BCUT2D eigenvalue weighted by Gasteiger charge is -2.49. The predicted octanol–water partition coefficient (Wildman–Crippen LogP) is 1.77. The molecule has 2 aromatic carbocycles. The van der Waals surface area contributed by atoms with Crippen LogP contribution in [-0.4, -0.2) is 37.9 Å². The highest BCUT2D eigenvalue weighted by atomic mass is 32.2. The van der Waals surface area contributed by atoms with Crippen molar-refractivity contribution in [3.8, 4) is 0 Å². The number of fused-ring (bicyclic) bond motifs is 2. The van der Waals surface area contributed by atoms with E-state index < -0.39 is 15.4 Å². The van der Waals surface area contributed by atoms with E-state index in [0.29, 0.717) is 25.9 Å². The molecular formula is C17H17NO3S. The predicted molar refractivity (Wildman–Crippen MR) is 85.2 cm³/mol. The van der Waals surface area contributed by atoms with Gasteiger partial charge in [-0.05, 0) is 28.3 Å². The van der Waals surface area contributed by atoms with E-state index in [-0.39, 0.29) is 5.78 Å². The molecule has 1 spiro atoms. The highest BCUT2D eigenvalue weighted by Crippen LogP contribution is 2.42. The molecule has 1 aliphatic carbocycles. The van der Waals surface area contributed by atoms with Crippen molar-refractivity contribution in [2.24, 2.45) is 5.41 Å². The Hall–Kier alpha value is -1.72. The first kappa shape index (κ1) is 13.9. The van der Waals surface area contributed by atoms with Gasteiger partial charge < -0.3 is 0 Å². The topological polar surface area (TPSA) is 54.5 Å². The van der Waals surface area contributed by atoms with Gasteiger partial charge >= 0.3 is 0 Å². The summed E-state index contributed by atoms with van der Waals surface area (Å²) < 4.78 is 24.6. The standard InChI is InChI=1S/C17H17NO3S/c1-22(20,21)18-10-17(11-18)9-15-7-13-5-3-2-4-12(13)6-14(15)8-16(17)19/h2-7H,8-11H2,1H3. The molecule has 114 valence electrons. The zero-order valence-corrected chi connectivity index (χ0v) is 13.2. The molecule has 4 rings (SSSR count). The third kappa shape index (κ3) is 2.00. The number of nitrogens with zero attached hydrogens (tertiary/aromatic N) is 1. The van der Waals surface area contributed by atoms with Crippen molar-refractivity contribution in [3.63, 3.8) is 0 Å². The fourth-order valence-corrected chi connectivity index (χ4v) is 4.60. The minimum Gasteiger partial charge on any atom is -0.299 e. The Labute approximate surface area is 129 Å². The molecule has 22 heavy (non-hydrogen) atoms. The third-order valence-corrected chi connectivity index (χ3v) is 6.16. The molecule has 0 amide bonds. The minimum atomic E-state index is -3.20. The van der Waals surface area contributed by atoms with Crippen LogP contribution < -0.4 is 0 Å². The molecule has 2 aliphatic rings. The van der Waals surface area contributed by atoms with E-state index in [9.17, 15) is 13.2 Å². The summed E-state index contributed by atoms with van der Waals surface area (Å²) in [5, 5.41) is 2.32. The van der Waals surface area contributed by atoms with Crippen LogP contribution >= 0.6 is 0 Å². The molecule has 0 saturated carbocycles. The summed E-state index contributed by atoms with van der Waals surface area (Å²) >= 11 is 0. The van der Waals surface area contributed by atoms with Gasteiger partial charge in [0, 0.05) is 19.5 Å². The van der Waals surface area contributed by atoms with Crippen molar-refractivity contribution in [2.45, 2.75) is 12.8 Å². The number of hydrogen-bond donors (Lipinski definition) is 0. The lowest BCUT2D eigenvalue weighted by Crippen LogP contribution is -2.64. The van der Waals surface area contributed by atoms with Gasteiger partial charge in [-0.2, -0.15) is 0 Å². The van der Waals surface area contributed by atoms with Crippen molar-refractivity contribution in [1.29, 1.82) is 0 Å². The molecule has 0 aromatic heterocycles. The maximum atomic E-state index is 12.5. The van der Waals surface area contributed by atoms with E-state index in [2.05, 4.69) is 24.3 Å². The van der Waals surface area contributed by atoms with Gasteiger partial charge in [-0.3, -0.25) is 4.79 Å². The monoisotopic (exact) mass is 315 g/mol. The molecule has 1 aliphatic heterocycles. The molecule has 1 heterocycles. The number of sulfonamides is 1. The SMILES string of the molecule is CS(=O)(=O)N1CC2(Cc3cc4ccccc4cc3CC2=O)C1. The van der Waals surface area contributed by atoms with Crippen molar-refractivity contribution in [1.82, 2.24) is 4.31 Å². The van der Waals surface area contributed by atoms with E-state index in [1.165, 1.54) is 21.5 Å². The van der Waals surface area contributed by atoms with Gasteiger partial charge in [0.25, 0.3) is 0 Å². The van der Waals surface area contributed by atoms with Gasteiger partial charge in [0.2, 0.25) is 10.0 Å². The molecule has 1 fully saturated rings. The molecule has 0 atom stereocenters. The number of carbonyl (C=O) groups excluding carboxylic acids is 1. The van der Waals surface area contributed by atoms with Gasteiger partial charge in [-0.1, -0.05) is 36.4 Å². The Morgan fingerprint density at radius 2 is 1.64 bits per heavy atom. The third-order valence-electron chi connectivity index (χ3n) is 4.97. The van der Waals surface area contributed by atoms with Gasteiger partial charge in [-0.15, -0.1) is 0 Å². The summed E-state index contributed by atoms with van der Waals surface area (Å²) in [6.07, 6.45) is 2.27. The van der Waals surface area contributed by atoms with Crippen molar-refractivity contribution >= 4 is 26.6 Å². The molecule has 1 saturated heterocycles. The Balaban J connectivity index is 1.72. The Morgan fingerprint density at radius 1 is 1.05 bits per heavy atom. The highest BCUT2D eigenvalue weighted by molar-refractivity contribution is 7.88. The van der Waals surface area contributed by atoms with E-state index in [0.717, 1.165) is 10.9 Å². The lowest BCUT2D eigenvalue weighted by molar-refractivity contribution is -0.135. The molecular weight excluding hydrogens is 298 g/mol. The van der Waals surface area contributed by atoms with Gasteiger partial charge in [0.15, 0.2) is 0 Å². The van der Waals surface area contributed by atoms with Crippen molar-refractivity contribution < 1.29 is 13.2 Å². The van der Waals surface area contributed by atoms with E-state index in [1.807, 2.05) is 12.1 Å². The molecule has 5 heteroatoms. The first-order chi connectivity index (χ1) is 10.4. The Bertz CT molecular complexity index is 895. The van der Waals surface area contributed by atoms with Crippen LogP contribution in [0, 0.1) is 5.41 Å². The molecule has 4 nitrogen and oxygen atoms in total. The minimum absolute atomic E-state index is 0.176. The van der Waals surface area contributed by atoms with E-state index >= 15 is 0 Å². The maximum Gasteiger partial charge on any atom is 0.211 e. The number of rotatable bonds is 1. The van der Waals surface area contributed by atoms with Crippen LogP contribution in [0.15, 0.2) is 36.4 Å². The van der Waals surface area contributed by atoms with Crippen LogP contribution in [-0.2, 0) is 27.7 Å². The van der Waals surface area contributed by atoms with Crippen LogP contribution in [0.25, 0.3) is 10.8 Å². The summed E-state index contributed by atoms with van der Waals surface area (Å²) in [5.41, 5.74) is 1.78. The summed E-state index contributed by atoms with van der Waals surface area (Å²) in [6.45, 7) is 0.661. The van der Waals surface area contributed by atoms with Crippen LogP contribution in [0.3, 0.4) is 0 Å². The smallest absolute Gasteiger partial charge is 0.211 e. The molecule has 2 aromatic rings. The van der Waals surface area contributed by atoms with Crippen LogP contribution in [0.2, 0.25) is 0 Å². The van der Waals surface area contributed by atoms with Crippen LogP contribution in [0.1, 0.15) is 11.1 Å². The second kappa shape index (κ2) is 4.40. The molecule has 0 unspecified atom stereocenters. The lowest BCUT2D eigenvalue weighted by atomic mass is 9.66. The molecule has 0 radical (unpaired) electrons. The summed E-state index contributed by atoms with van der Waals surface area (Å²) in [7, 11) is -3.20. The average molecular weight is 315 g/mol. The molecule has 0 bridgehead atoms. The summed E-state index contributed by atoms with van der Waals surface area (Å²) in [5.74, 6) is 0.176. The average Bonchev–Trinajstić information content (AvgIpc) is 2.41. The summed E-state index contributed by atoms with van der Waals surface area (Å²) in [6, 6.07) is 12.4. The second-order valence-electron chi connectivity index (χ2n) is 6.56. The second-order valence-corrected chi connectivity index (χ2v) is 8.54. The quantitative estimate of drug-likeness (QED) is 0.806. The van der Waals surface area contributed by atoms with Crippen molar-refractivity contribution in [2.75, 3.05) is 19.3 Å². The van der Waals surface area contributed by atoms with E-state index in [4.69, 9.17) is 0 Å². The van der Waals surface area contributed by atoms with Crippen molar-refractivity contribution in [3.05, 3.63) is 47.5 Å². The first-order valence-electron chi connectivity index (χ1n) is 7.36. The number of ketones is 1. The summed E-state index contributed by atoms with van der Waals surface area (Å²) in [4.78, 5) is 12.5. The number of Topliss-reactive ketones (excluding diaryl/α,β-unsaturated/α-hetero) is 1. The zero-order valence-electron chi connectivity index (χ0n) is 12.4. The molecule has 0 N–H and O–H groups in total. The maximum absolute atomic E-state index is 12.5. The first-order valence-corrected chi connectivity index (χ1v) is 9.21. The largest absolute Gasteiger partial charge is 0.299 e. The fourth-order valence-electron chi connectivity index (χ4n) is 3.64. The number of carbonyl (C=O) groups is 1. The number of hydrogen-bond acceptors (Lipinski definition) is 3. The van der Waals surface area contributed by atoms with Gasteiger partial charge in [0.1, 0.15) is 5.78 Å². The highest BCUT2D eigenvalue weighted by Gasteiger charge is 2.53. The normalized spacial score (nSPS) is 20.9.